The average Bonchev–Trinajstić information content (AvgIpc) is 2.49. The summed E-state index contributed by atoms with van der Waals surface area (Å²) in [4.78, 5) is 3.92. The minimum absolute atomic E-state index is 0.397. The molecule has 0 aliphatic heterocycles. The predicted octanol–water partition coefficient (Wildman–Crippen LogP) is 2.46. The number of aromatic nitrogens is 3. The fourth-order valence-corrected chi connectivity index (χ4v) is 1.82. The Morgan fingerprint density at radius 1 is 1.36 bits per heavy atom. The van der Waals surface area contributed by atoms with E-state index in [1.54, 1.807) is 12.4 Å². The van der Waals surface area contributed by atoms with Crippen molar-refractivity contribution in [2.75, 3.05) is 0 Å². The molecular formula is C8H6BrF2N3. The molecule has 0 saturated heterocycles. The van der Waals surface area contributed by atoms with Gasteiger partial charge in [-0.25, -0.2) is 8.78 Å². The summed E-state index contributed by atoms with van der Waals surface area (Å²) in [5, 5.41) is 4.61. The third-order valence-corrected chi connectivity index (χ3v) is 2.39. The quantitative estimate of drug-likeness (QED) is 0.832. The molecule has 2 aromatic rings. The summed E-state index contributed by atoms with van der Waals surface area (Å²) in [5.74, 6) is 0. The lowest BCUT2D eigenvalue weighted by Crippen LogP contribution is -2.07. The Morgan fingerprint density at radius 3 is 2.86 bits per heavy atom. The molecule has 0 saturated carbocycles. The molecule has 6 heteroatoms. The first-order valence-electron chi connectivity index (χ1n) is 3.91. The molecular weight excluding hydrogens is 256 g/mol. The molecule has 2 rings (SSSR count). The Labute approximate surface area is 86.9 Å². The van der Waals surface area contributed by atoms with E-state index in [4.69, 9.17) is 0 Å². The summed E-state index contributed by atoms with van der Waals surface area (Å²) in [5.41, 5.74) is 0.653. The molecule has 0 amide bonds. The molecule has 14 heavy (non-hydrogen) atoms. The maximum atomic E-state index is 12.2. The second-order valence-electron chi connectivity index (χ2n) is 2.78. The van der Waals surface area contributed by atoms with Crippen LogP contribution in [0.3, 0.4) is 0 Å². The van der Waals surface area contributed by atoms with Gasteiger partial charge in [-0.05, 0) is 15.9 Å². The predicted molar refractivity (Wildman–Crippen MR) is 51.2 cm³/mol. The van der Waals surface area contributed by atoms with E-state index in [1.165, 1.54) is 10.9 Å². The number of halogens is 3. The molecule has 0 unspecified atom stereocenters. The molecule has 0 aliphatic carbocycles. The molecule has 0 aliphatic rings. The molecule has 0 atom stereocenters. The molecule has 0 fully saturated rings. The smallest absolute Gasteiger partial charge is 0.257 e. The van der Waals surface area contributed by atoms with Crippen molar-refractivity contribution in [1.29, 1.82) is 0 Å². The van der Waals surface area contributed by atoms with Crippen LogP contribution < -0.4 is 0 Å². The lowest BCUT2D eigenvalue weighted by atomic mass is 10.3. The Balaban J connectivity index is 2.55. The highest BCUT2D eigenvalue weighted by Crippen LogP contribution is 2.22. The van der Waals surface area contributed by atoms with Crippen molar-refractivity contribution >= 4 is 26.8 Å². The number of pyridine rings is 1. The summed E-state index contributed by atoms with van der Waals surface area (Å²) in [6, 6.07) is 0. The first-order valence-corrected chi connectivity index (χ1v) is 4.71. The third kappa shape index (κ3) is 1.61. The minimum atomic E-state index is -2.40. The van der Waals surface area contributed by atoms with Gasteiger partial charge < -0.3 is 0 Å². The molecule has 0 radical (unpaired) electrons. The summed E-state index contributed by atoms with van der Waals surface area (Å²) in [6.45, 7) is -0.397. The van der Waals surface area contributed by atoms with E-state index in [-0.39, 0.29) is 0 Å². The topological polar surface area (TPSA) is 30.7 Å². The van der Waals surface area contributed by atoms with Gasteiger partial charge in [0.15, 0.2) is 0 Å². The molecule has 0 spiro atoms. The van der Waals surface area contributed by atoms with Crippen LogP contribution in [0.4, 0.5) is 8.78 Å². The van der Waals surface area contributed by atoms with Crippen LogP contribution in [0, 0.1) is 0 Å². The monoisotopic (exact) mass is 261 g/mol. The highest BCUT2D eigenvalue weighted by atomic mass is 79.9. The van der Waals surface area contributed by atoms with Crippen LogP contribution in [0.15, 0.2) is 23.1 Å². The number of hydrogen-bond donors (Lipinski definition) is 0. The second kappa shape index (κ2) is 3.61. The minimum Gasteiger partial charge on any atom is -0.263 e. The number of alkyl halides is 2. The molecule has 0 N–H and O–H groups in total. The molecule has 0 aromatic carbocycles. The summed E-state index contributed by atoms with van der Waals surface area (Å²) < 4.78 is 26.3. The van der Waals surface area contributed by atoms with E-state index in [9.17, 15) is 8.78 Å². The Kier molecular flexibility index (Phi) is 2.45. The van der Waals surface area contributed by atoms with E-state index in [1.807, 2.05) is 0 Å². The number of rotatable bonds is 2. The van der Waals surface area contributed by atoms with Crippen molar-refractivity contribution in [3.8, 4) is 0 Å². The first-order chi connectivity index (χ1) is 6.68. The van der Waals surface area contributed by atoms with Gasteiger partial charge in [0.1, 0.15) is 6.54 Å². The van der Waals surface area contributed by atoms with Gasteiger partial charge in [-0.1, -0.05) is 0 Å². The molecule has 74 valence electrons. The van der Waals surface area contributed by atoms with Crippen LogP contribution >= 0.6 is 15.9 Å². The number of hydrogen-bond acceptors (Lipinski definition) is 2. The van der Waals surface area contributed by atoms with Gasteiger partial charge in [-0.2, -0.15) is 5.10 Å². The van der Waals surface area contributed by atoms with Crippen LogP contribution in [0.2, 0.25) is 0 Å². The van der Waals surface area contributed by atoms with Gasteiger partial charge >= 0.3 is 0 Å². The van der Waals surface area contributed by atoms with Crippen molar-refractivity contribution < 1.29 is 8.78 Å². The Hall–Kier alpha value is -1.04. The molecule has 2 aromatic heterocycles. The highest BCUT2D eigenvalue weighted by Gasteiger charge is 2.10. The normalized spacial score (nSPS) is 11.4. The van der Waals surface area contributed by atoms with Crippen LogP contribution in [-0.4, -0.2) is 21.2 Å². The molecule has 3 nitrogen and oxygen atoms in total. The van der Waals surface area contributed by atoms with Crippen molar-refractivity contribution in [3.63, 3.8) is 0 Å². The largest absolute Gasteiger partial charge is 0.263 e. The van der Waals surface area contributed by atoms with Gasteiger partial charge in [0, 0.05) is 17.8 Å². The van der Waals surface area contributed by atoms with Gasteiger partial charge in [0.05, 0.1) is 16.2 Å². The van der Waals surface area contributed by atoms with Gasteiger partial charge in [-0.3, -0.25) is 9.67 Å². The summed E-state index contributed by atoms with van der Waals surface area (Å²) in [6.07, 6.45) is 2.27. The van der Waals surface area contributed by atoms with Crippen molar-refractivity contribution in [1.82, 2.24) is 14.8 Å². The van der Waals surface area contributed by atoms with Crippen LogP contribution in [0.5, 0.6) is 0 Å². The SMILES string of the molecule is FC(F)Cn1ncc2cncc(Br)c21. The zero-order valence-electron chi connectivity index (χ0n) is 6.99. The van der Waals surface area contributed by atoms with Crippen LogP contribution in [0.25, 0.3) is 10.9 Å². The van der Waals surface area contributed by atoms with Gasteiger partial charge in [0.25, 0.3) is 6.43 Å². The van der Waals surface area contributed by atoms with E-state index < -0.39 is 13.0 Å². The molecule has 2 heterocycles. The van der Waals surface area contributed by atoms with Crippen LogP contribution in [-0.2, 0) is 6.54 Å². The zero-order chi connectivity index (χ0) is 10.1. The molecule has 0 bridgehead atoms. The van der Waals surface area contributed by atoms with Crippen molar-refractivity contribution in [2.24, 2.45) is 0 Å². The first kappa shape index (κ1) is 9.51. The maximum Gasteiger partial charge on any atom is 0.257 e. The van der Waals surface area contributed by atoms with Crippen molar-refractivity contribution in [3.05, 3.63) is 23.1 Å². The van der Waals surface area contributed by atoms with Crippen LogP contribution in [0.1, 0.15) is 0 Å². The zero-order valence-corrected chi connectivity index (χ0v) is 8.58. The lowest BCUT2D eigenvalue weighted by Gasteiger charge is -2.02. The van der Waals surface area contributed by atoms with Crippen molar-refractivity contribution in [2.45, 2.75) is 13.0 Å². The number of nitrogens with zero attached hydrogens (tertiary/aromatic N) is 3. The van der Waals surface area contributed by atoms with Gasteiger partial charge in [0.2, 0.25) is 0 Å². The second-order valence-corrected chi connectivity index (χ2v) is 3.63. The summed E-state index contributed by atoms with van der Waals surface area (Å²) in [7, 11) is 0. The lowest BCUT2D eigenvalue weighted by molar-refractivity contribution is 0.123. The maximum absolute atomic E-state index is 12.2. The standard InChI is InChI=1S/C8H6BrF2N3/c9-6-3-12-1-5-2-13-14(8(5)6)4-7(10)11/h1-3,7H,4H2. The highest BCUT2D eigenvalue weighted by molar-refractivity contribution is 9.10. The van der Waals surface area contributed by atoms with E-state index in [2.05, 4.69) is 26.0 Å². The fourth-order valence-electron chi connectivity index (χ4n) is 1.27. The van der Waals surface area contributed by atoms with E-state index >= 15 is 0 Å². The van der Waals surface area contributed by atoms with Gasteiger partial charge in [-0.15, -0.1) is 0 Å². The number of fused-ring (bicyclic) bond motifs is 1. The summed E-state index contributed by atoms with van der Waals surface area (Å²) >= 11 is 3.25. The Morgan fingerprint density at radius 2 is 2.14 bits per heavy atom. The third-order valence-electron chi connectivity index (χ3n) is 1.81. The average molecular weight is 262 g/mol. The van der Waals surface area contributed by atoms with E-state index in [0.717, 1.165) is 5.39 Å². The Bertz CT molecular complexity index is 455. The fraction of sp³-hybridized carbons (Fsp3) is 0.250. The van der Waals surface area contributed by atoms with E-state index in [0.29, 0.717) is 9.99 Å².